The van der Waals surface area contributed by atoms with E-state index in [0.29, 0.717) is 38.1 Å². The third-order valence-electron chi connectivity index (χ3n) is 5.58. The van der Waals surface area contributed by atoms with Gasteiger partial charge in [0.1, 0.15) is 5.75 Å². The van der Waals surface area contributed by atoms with Crippen molar-refractivity contribution in [1.29, 1.82) is 0 Å². The number of nitrogens with one attached hydrogen (secondary N) is 1. The van der Waals surface area contributed by atoms with Crippen LogP contribution in [0.1, 0.15) is 56.5 Å². The average molecular weight is 409 g/mol. The summed E-state index contributed by atoms with van der Waals surface area (Å²) in [6, 6.07) is 15.3. The van der Waals surface area contributed by atoms with Crippen LogP contribution < -0.4 is 10.1 Å². The monoisotopic (exact) mass is 408 g/mol. The maximum atomic E-state index is 12.8. The van der Waals surface area contributed by atoms with Crippen molar-refractivity contribution < 1.29 is 14.3 Å². The van der Waals surface area contributed by atoms with Crippen molar-refractivity contribution in [3.05, 3.63) is 59.7 Å². The van der Waals surface area contributed by atoms with Crippen molar-refractivity contribution >= 4 is 17.5 Å². The zero-order valence-corrected chi connectivity index (χ0v) is 18.4. The first-order valence-electron chi connectivity index (χ1n) is 10.7. The second-order valence-corrected chi connectivity index (χ2v) is 8.84. The number of carbonyl (C=O) groups is 2. The second kappa shape index (κ2) is 9.33. The number of benzene rings is 2. The van der Waals surface area contributed by atoms with Crippen molar-refractivity contribution in [1.82, 2.24) is 4.90 Å². The van der Waals surface area contributed by atoms with Gasteiger partial charge in [0.25, 0.3) is 5.91 Å². The molecule has 1 N–H and O–H groups in total. The van der Waals surface area contributed by atoms with Crippen LogP contribution in [-0.4, -0.2) is 36.4 Å². The van der Waals surface area contributed by atoms with E-state index < -0.39 is 0 Å². The zero-order valence-electron chi connectivity index (χ0n) is 18.4. The Morgan fingerprint density at radius 1 is 1.00 bits per heavy atom. The first-order valence-corrected chi connectivity index (χ1v) is 10.7. The summed E-state index contributed by atoms with van der Waals surface area (Å²) >= 11 is 0. The number of nitrogens with zero attached hydrogens (tertiary/aromatic N) is 1. The summed E-state index contributed by atoms with van der Waals surface area (Å²) in [5, 5.41) is 2.98. The predicted molar refractivity (Wildman–Crippen MR) is 120 cm³/mol. The van der Waals surface area contributed by atoms with Crippen molar-refractivity contribution in [3.8, 4) is 5.75 Å². The van der Waals surface area contributed by atoms with E-state index in [9.17, 15) is 9.59 Å². The van der Waals surface area contributed by atoms with Gasteiger partial charge in [-0.25, -0.2) is 0 Å². The standard InChI is InChI=1S/C25H32N2O3/c1-5-30-22-12-10-21(11-13-22)26-23(28)18-14-16-27(17-15-18)24(29)19-6-8-20(9-7-19)25(2,3)4/h6-13,18H,5,14-17H2,1-4H3,(H,26,28). The Balaban J connectivity index is 1.52. The Kier molecular flexibility index (Phi) is 6.80. The lowest BCUT2D eigenvalue weighted by Gasteiger charge is -2.31. The quantitative estimate of drug-likeness (QED) is 0.768. The SMILES string of the molecule is CCOc1ccc(NC(=O)C2CCN(C(=O)c3ccc(C(C)(C)C)cc3)CC2)cc1. The number of amides is 2. The van der Waals surface area contributed by atoms with Crippen molar-refractivity contribution in [2.45, 2.75) is 46.0 Å². The topological polar surface area (TPSA) is 58.6 Å². The van der Waals surface area contributed by atoms with E-state index in [1.54, 1.807) is 0 Å². The Hall–Kier alpha value is -2.82. The highest BCUT2D eigenvalue weighted by Gasteiger charge is 2.28. The molecule has 0 bridgehead atoms. The third-order valence-corrected chi connectivity index (χ3v) is 5.58. The largest absolute Gasteiger partial charge is 0.494 e. The number of likely N-dealkylation sites (tertiary alicyclic amines) is 1. The molecule has 1 aliphatic heterocycles. The molecule has 0 aromatic heterocycles. The fourth-order valence-corrected chi connectivity index (χ4v) is 3.69. The van der Waals surface area contributed by atoms with Gasteiger partial charge in [-0.15, -0.1) is 0 Å². The molecular weight excluding hydrogens is 376 g/mol. The zero-order chi connectivity index (χ0) is 21.7. The van der Waals surface area contributed by atoms with Gasteiger partial charge in [0.05, 0.1) is 6.61 Å². The van der Waals surface area contributed by atoms with E-state index >= 15 is 0 Å². The van der Waals surface area contributed by atoms with Gasteiger partial charge < -0.3 is 15.0 Å². The lowest BCUT2D eigenvalue weighted by molar-refractivity contribution is -0.121. The van der Waals surface area contributed by atoms with Crippen LogP contribution in [0.4, 0.5) is 5.69 Å². The van der Waals surface area contributed by atoms with E-state index in [1.807, 2.05) is 60.4 Å². The van der Waals surface area contributed by atoms with Gasteiger partial charge in [0.15, 0.2) is 0 Å². The molecule has 2 amide bonds. The van der Waals surface area contributed by atoms with Gasteiger partial charge in [-0.05, 0) is 67.1 Å². The van der Waals surface area contributed by atoms with E-state index in [4.69, 9.17) is 4.74 Å². The summed E-state index contributed by atoms with van der Waals surface area (Å²) < 4.78 is 5.43. The molecule has 5 nitrogen and oxygen atoms in total. The van der Waals surface area contributed by atoms with Crippen LogP contribution in [0.25, 0.3) is 0 Å². The van der Waals surface area contributed by atoms with Crippen molar-refractivity contribution in [2.75, 3.05) is 25.0 Å². The minimum absolute atomic E-state index is 0.0146. The number of carbonyl (C=O) groups excluding carboxylic acids is 2. The van der Waals surface area contributed by atoms with Crippen LogP contribution in [0.3, 0.4) is 0 Å². The smallest absolute Gasteiger partial charge is 0.253 e. The molecule has 1 saturated heterocycles. The Morgan fingerprint density at radius 3 is 2.13 bits per heavy atom. The molecule has 0 spiro atoms. The Morgan fingerprint density at radius 2 is 1.60 bits per heavy atom. The van der Waals surface area contributed by atoms with Gasteiger partial charge in [-0.1, -0.05) is 32.9 Å². The summed E-state index contributed by atoms with van der Waals surface area (Å²) in [5.41, 5.74) is 2.75. The summed E-state index contributed by atoms with van der Waals surface area (Å²) in [6.45, 7) is 10.2. The van der Waals surface area contributed by atoms with Crippen molar-refractivity contribution in [2.24, 2.45) is 5.92 Å². The van der Waals surface area contributed by atoms with Gasteiger partial charge in [0.2, 0.25) is 5.91 Å². The summed E-state index contributed by atoms with van der Waals surface area (Å²) in [4.78, 5) is 27.3. The summed E-state index contributed by atoms with van der Waals surface area (Å²) in [7, 11) is 0. The number of hydrogen-bond donors (Lipinski definition) is 1. The van der Waals surface area contributed by atoms with E-state index in [2.05, 4.69) is 26.1 Å². The van der Waals surface area contributed by atoms with Crippen LogP contribution in [0.5, 0.6) is 5.75 Å². The fraction of sp³-hybridized carbons (Fsp3) is 0.440. The lowest BCUT2D eigenvalue weighted by Crippen LogP contribution is -2.41. The molecule has 1 heterocycles. The molecule has 3 rings (SSSR count). The number of anilines is 1. The van der Waals surface area contributed by atoms with Gasteiger partial charge >= 0.3 is 0 Å². The van der Waals surface area contributed by atoms with Gasteiger partial charge in [-0.3, -0.25) is 9.59 Å². The Bertz CT molecular complexity index is 859. The molecule has 1 aliphatic rings. The Labute approximate surface area is 179 Å². The van der Waals surface area contributed by atoms with E-state index in [-0.39, 0.29) is 23.1 Å². The number of hydrogen-bond acceptors (Lipinski definition) is 3. The van der Waals surface area contributed by atoms with Crippen LogP contribution in [0.15, 0.2) is 48.5 Å². The first kappa shape index (κ1) is 21.9. The second-order valence-electron chi connectivity index (χ2n) is 8.84. The predicted octanol–water partition coefficient (Wildman–Crippen LogP) is 4.87. The fourth-order valence-electron chi connectivity index (χ4n) is 3.69. The van der Waals surface area contributed by atoms with E-state index in [0.717, 1.165) is 11.4 Å². The summed E-state index contributed by atoms with van der Waals surface area (Å²) in [6.07, 6.45) is 1.35. The average Bonchev–Trinajstić information content (AvgIpc) is 2.74. The molecule has 160 valence electrons. The van der Waals surface area contributed by atoms with Gasteiger partial charge in [0, 0.05) is 30.3 Å². The molecular formula is C25H32N2O3. The third kappa shape index (κ3) is 5.41. The van der Waals surface area contributed by atoms with Crippen LogP contribution in [-0.2, 0) is 10.2 Å². The van der Waals surface area contributed by atoms with Crippen LogP contribution in [0, 0.1) is 5.92 Å². The molecule has 0 unspecified atom stereocenters. The highest BCUT2D eigenvalue weighted by Crippen LogP contribution is 2.25. The highest BCUT2D eigenvalue weighted by atomic mass is 16.5. The minimum Gasteiger partial charge on any atom is -0.494 e. The summed E-state index contributed by atoms with van der Waals surface area (Å²) in [5.74, 6) is 0.767. The minimum atomic E-state index is -0.0797. The molecule has 5 heteroatoms. The van der Waals surface area contributed by atoms with Crippen LogP contribution >= 0.6 is 0 Å². The molecule has 0 saturated carbocycles. The molecule has 2 aromatic carbocycles. The lowest BCUT2D eigenvalue weighted by atomic mass is 9.86. The van der Waals surface area contributed by atoms with Crippen LogP contribution in [0.2, 0.25) is 0 Å². The molecule has 0 radical (unpaired) electrons. The van der Waals surface area contributed by atoms with E-state index in [1.165, 1.54) is 5.56 Å². The maximum Gasteiger partial charge on any atom is 0.253 e. The molecule has 30 heavy (non-hydrogen) atoms. The molecule has 0 atom stereocenters. The molecule has 1 fully saturated rings. The number of rotatable bonds is 5. The first-order chi connectivity index (χ1) is 14.3. The maximum absolute atomic E-state index is 12.8. The van der Waals surface area contributed by atoms with Gasteiger partial charge in [-0.2, -0.15) is 0 Å². The number of piperidine rings is 1. The normalized spacial score (nSPS) is 15.0. The van der Waals surface area contributed by atoms with Crippen molar-refractivity contribution in [3.63, 3.8) is 0 Å². The molecule has 0 aliphatic carbocycles. The highest BCUT2D eigenvalue weighted by molar-refractivity contribution is 5.95. The molecule has 2 aromatic rings. The number of ether oxygens (including phenoxy) is 1.